The molecule has 4 saturated carbocycles. The number of ether oxygens (including phenoxy) is 1. The van der Waals surface area contributed by atoms with Gasteiger partial charge in [0.1, 0.15) is 0 Å². The molecule has 7 nitrogen and oxygen atoms in total. The highest BCUT2D eigenvalue weighted by molar-refractivity contribution is 8.00. The Morgan fingerprint density at radius 3 is 2.52 bits per heavy atom. The van der Waals surface area contributed by atoms with Crippen LogP contribution in [0.4, 0.5) is 0 Å². The van der Waals surface area contributed by atoms with Crippen LogP contribution in [0.1, 0.15) is 19.0 Å². The highest BCUT2D eigenvalue weighted by Gasteiger charge is 3.06. The summed E-state index contributed by atoms with van der Waals surface area (Å²) in [5, 5.41) is 0. The molecule has 8 rings (SSSR count). The molecule has 4 heterocycles. The van der Waals surface area contributed by atoms with Crippen molar-refractivity contribution in [2.24, 2.45) is 41.5 Å². The number of hydrogen-bond donors (Lipinski definition) is 0. The third-order valence-corrected chi connectivity index (χ3v) is 9.41. The van der Waals surface area contributed by atoms with Gasteiger partial charge in [-0.15, -0.1) is 11.8 Å². The number of esters is 1. The molecule has 23 heavy (non-hydrogen) atoms. The Morgan fingerprint density at radius 1 is 1.17 bits per heavy atom. The second kappa shape index (κ2) is 2.85. The third kappa shape index (κ3) is 0.776. The second-order valence-electron chi connectivity index (χ2n) is 8.14. The molecule has 5 fully saturated rings. The Balaban J connectivity index is 1.55. The molecular weight excluding hydrogens is 318 g/mol. The van der Waals surface area contributed by atoms with Crippen LogP contribution in [-0.4, -0.2) is 31.1 Å². The van der Waals surface area contributed by atoms with E-state index in [9.17, 15) is 14.4 Å². The summed E-state index contributed by atoms with van der Waals surface area (Å²) >= 11 is 1.72. The molecule has 7 aliphatic rings. The Hall–Kier alpha value is -1.44. The van der Waals surface area contributed by atoms with Gasteiger partial charge in [0.25, 0.3) is 0 Å². The monoisotopic (exact) mass is 333 g/mol. The minimum Gasteiger partial charge on any atom is -0.451 e. The minimum absolute atomic E-state index is 0.0493. The summed E-state index contributed by atoms with van der Waals surface area (Å²) in [6.07, 6.45) is 0. The molecule has 9 atom stereocenters. The fourth-order valence-corrected chi connectivity index (χ4v) is 9.81. The first-order valence-corrected chi connectivity index (χ1v) is 9.23. The molecule has 2 bridgehead atoms. The molecule has 1 aromatic rings. The van der Waals surface area contributed by atoms with Crippen molar-refractivity contribution < 1.29 is 9.53 Å². The number of rotatable bonds is 1. The van der Waals surface area contributed by atoms with Gasteiger partial charge in [-0.1, -0.05) is 0 Å². The minimum atomic E-state index is -0.246. The largest absolute Gasteiger partial charge is 0.451 e. The van der Waals surface area contributed by atoms with Crippen molar-refractivity contribution in [2.75, 3.05) is 5.75 Å². The molecular formula is C15H15N3O4S. The molecule has 120 valence electrons. The average Bonchev–Trinajstić information content (AvgIpc) is 3.19. The van der Waals surface area contributed by atoms with E-state index in [1.807, 2.05) is 0 Å². The molecule has 1 saturated heterocycles. The first-order chi connectivity index (χ1) is 11.0. The second-order valence-corrected chi connectivity index (χ2v) is 9.19. The number of aromatic nitrogens is 3. The molecule has 3 aliphatic heterocycles. The van der Waals surface area contributed by atoms with Crippen LogP contribution in [0.25, 0.3) is 0 Å². The van der Waals surface area contributed by atoms with E-state index < -0.39 is 0 Å². The van der Waals surface area contributed by atoms with E-state index in [1.165, 1.54) is 11.5 Å². The number of hydrogen-bond acceptors (Lipinski definition) is 5. The number of carbonyl (C=O) groups is 1. The fraction of sp³-hybridized carbons (Fsp3) is 0.800. The Labute approximate surface area is 134 Å². The summed E-state index contributed by atoms with van der Waals surface area (Å²) < 4.78 is 10.4. The lowest BCUT2D eigenvalue weighted by molar-refractivity contribution is -0.148. The Kier molecular flexibility index (Phi) is 1.49. The van der Waals surface area contributed by atoms with Gasteiger partial charge in [-0.3, -0.25) is 4.79 Å². The molecule has 4 aliphatic carbocycles. The van der Waals surface area contributed by atoms with Gasteiger partial charge in [0, 0.05) is 25.1 Å². The Bertz CT molecular complexity index is 976. The highest BCUT2D eigenvalue weighted by atomic mass is 32.2. The molecule has 0 amide bonds. The van der Waals surface area contributed by atoms with E-state index in [4.69, 9.17) is 4.74 Å². The van der Waals surface area contributed by atoms with Gasteiger partial charge in [0.05, 0.1) is 17.5 Å². The zero-order chi connectivity index (χ0) is 15.6. The van der Waals surface area contributed by atoms with Crippen LogP contribution < -0.4 is 11.4 Å². The maximum Gasteiger partial charge on any atom is 0.347 e. The SMILES string of the molecule is CC(=O)O[C@@H]1SC[C@@]23[C@@H]4[C@H]5[C@@H]6[C@@H]5[C@@H]2[C@@]13[C@H]6n1c(=O)n(C)c(=O)n14. The molecule has 0 radical (unpaired) electrons. The van der Waals surface area contributed by atoms with Crippen LogP contribution in [0.15, 0.2) is 9.59 Å². The standard InChI is InChI=1S/C15H15N3O4S/c1-4(19)22-11-15-8-5-6-7(5)10(15)18-13(21)16(2)12(20)17(18)9(6)14(8,15)3-23-11/h5-11H,3H2,1-2H3/t5-,6-,7+,8+,9+,10+,11-,14+,15-/m1/s1. The summed E-state index contributed by atoms with van der Waals surface area (Å²) in [7, 11) is 1.57. The predicted octanol–water partition coefficient (Wildman–Crippen LogP) is -0.428. The maximum absolute atomic E-state index is 12.7. The van der Waals surface area contributed by atoms with E-state index in [0.717, 1.165) is 5.75 Å². The summed E-state index contributed by atoms with van der Waals surface area (Å²) in [6.45, 7) is 1.46. The lowest BCUT2D eigenvalue weighted by Gasteiger charge is -2.46. The predicted molar refractivity (Wildman–Crippen MR) is 78.8 cm³/mol. The van der Waals surface area contributed by atoms with E-state index in [2.05, 4.69) is 0 Å². The van der Waals surface area contributed by atoms with Gasteiger partial charge in [0.15, 0.2) is 5.44 Å². The van der Waals surface area contributed by atoms with Crippen LogP contribution in [0.2, 0.25) is 0 Å². The smallest absolute Gasteiger partial charge is 0.347 e. The first kappa shape index (κ1) is 12.0. The maximum atomic E-state index is 12.7. The van der Waals surface area contributed by atoms with E-state index >= 15 is 0 Å². The quantitative estimate of drug-likeness (QED) is 0.652. The van der Waals surface area contributed by atoms with Crippen molar-refractivity contribution in [3.05, 3.63) is 21.0 Å². The summed E-state index contributed by atoms with van der Waals surface area (Å²) in [6, 6.07) is 0.190. The topological polar surface area (TPSA) is 75.2 Å². The van der Waals surface area contributed by atoms with Crippen molar-refractivity contribution in [1.29, 1.82) is 0 Å². The van der Waals surface area contributed by atoms with Gasteiger partial charge in [-0.25, -0.2) is 23.5 Å². The molecule has 0 unspecified atom stereocenters. The van der Waals surface area contributed by atoms with Crippen molar-refractivity contribution in [3.63, 3.8) is 0 Å². The molecule has 8 heteroatoms. The zero-order valence-corrected chi connectivity index (χ0v) is 13.4. The van der Waals surface area contributed by atoms with Crippen molar-refractivity contribution in [2.45, 2.75) is 24.4 Å². The molecule has 2 spiro atoms. The summed E-state index contributed by atoms with van der Waals surface area (Å²) in [5.41, 5.74) is -0.532. The Morgan fingerprint density at radius 2 is 1.83 bits per heavy atom. The van der Waals surface area contributed by atoms with Gasteiger partial charge in [0.2, 0.25) is 0 Å². The van der Waals surface area contributed by atoms with Gasteiger partial charge in [-0.05, 0) is 23.7 Å². The number of thioether (sulfide) groups is 1. The van der Waals surface area contributed by atoms with Crippen molar-refractivity contribution in [1.82, 2.24) is 13.9 Å². The van der Waals surface area contributed by atoms with Crippen LogP contribution in [-0.2, 0) is 16.6 Å². The normalized spacial score (nSPS) is 57.2. The van der Waals surface area contributed by atoms with Gasteiger partial charge < -0.3 is 4.74 Å². The van der Waals surface area contributed by atoms with Crippen LogP contribution in [0.3, 0.4) is 0 Å². The lowest BCUT2D eigenvalue weighted by Crippen LogP contribution is -2.54. The van der Waals surface area contributed by atoms with E-state index in [-0.39, 0.29) is 45.7 Å². The van der Waals surface area contributed by atoms with Crippen LogP contribution >= 0.6 is 11.8 Å². The van der Waals surface area contributed by atoms with E-state index in [1.54, 1.807) is 28.2 Å². The average molecular weight is 333 g/mol. The van der Waals surface area contributed by atoms with Crippen molar-refractivity contribution in [3.8, 4) is 0 Å². The van der Waals surface area contributed by atoms with E-state index in [0.29, 0.717) is 23.7 Å². The van der Waals surface area contributed by atoms with Crippen molar-refractivity contribution >= 4 is 17.7 Å². The number of carbonyl (C=O) groups excluding carboxylic acids is 1. The van der Waals surface area contributed by atoms with Crippen LogP contribution in [0, 0.1) is 34.5 Å². The zero-order valence-electron chi connectivity index (χ0n) is 12.6. The first-order valence-electron chi connectivity index (χ1n) is 8.18. The molecule has 0 N–H and O–H groups in total. The van der Waals surface area contributed by atoms with Gasteiger partial charge in [-0.2, -0.15) is 0 Å². The third-order valence-electron chi connectivity index (χ3n) is 7.98. The molecule has 1 aromatic heterocycles. The number of nitrogens with zero attached hydrogens (tertiary/aromatic N) is 3. The fourth-order valence-electron chi connectivity index (χ4n) is 7.80. The highest BCUT2D eigenvalue weighted by Crippen LogP contribution is 3.05. The van der Waals surface area contributed by atoms with Gasteiger partial charge >= 0.3 is 17.3 Å². The summed E-state index contributed by atoms with van der Waals surface area (Å²) in [5.74, 6) is 2.98. The van der Waals surface area contributed by atoms with Crippen LogP contribution in [0.5, 0.6) is 0 Å². The molecule has 0 aromatic carbocycles. The lowest BCUT2D eigenvalue weighted by atomic mass is 9.72. The summed E-state index contributed by atoms with van der Waals surface area (Å²) in [4.78, 5) is 36.9.